The molecule has 1 rings (SSSR count). The largest absolute Gasteiger partial charge is 0.444 e. The number of halogens is 1. The van der Waals surface area contributed by atoms with Gasteiger partial charge in [0, 0.05) is 32.1 Å². The summed E-state index contributed by atoms with van der Waals surface area (Å²) in [6, 6.07) is 4.12. The summed E-state index contributed by atoms with van der Waals surface area (Å²) in [4.78, 5) is 19.1. The van der Waals surface area contributed by atoms with E-state index in [1.165, 1.54) is 4.88 Å². The van der Waals surface area contributed by atoms with Crippen LogP contribution in [0.4, 0.5) is 4.79 Å². The monoisotopic (exact) mass is 482 g/mol. The Kier molecular flexibility index (Phi) is 11.1. The van der Waals surface area contributed by atoms with E-state index in [9.17, 15) is 4.79 Å². The molecule has 6 nitrogen and oxygen atoms in total. The van der Waals surface area contributed by atoms with Crippen LogP contribution >= 0.6 is 35.3 Å². The van der Waals surface area contributed by atoms with Gasteiger partial charge in [0.25, 0.3) is 0 Å². The number of aliphatic imine (C=N–C) groups is 1. The van der Waals surface area contributed by atoms with Crippen molar-refractivity contribution in [2.75, 3.05) is 27.2 Å². The lowest BCUT2D eigenvalue weighted by Gasteiger charge is -2.26. The second kappa shape index (κ2) is 11.6. The number of guanidine groups is 1. The Morgan fingerprint density at radius 2 is 2.08 bits per heavy atom. The first-order valence-electron chi connectivity index (χ1n) is 8.12. The fraction of sp³-hybridized carbons (Fsp3) is 0.647. The van der Waals surface area contributed by atoms with Crippen LogP contribution in [0.25, 0.3) is 0 Å². The molecule has 0 saturated heterocycles. The van der Waals surface area contributed by atoms with Crippen LogP contribution in [0.5, 0.6) is 0 Å². The first-order valence-corrected chi connectivity index (χ1v) is 9.00. The lowest BCUT2D eigenvalue weighted by molar-refractivity contribution is 0.0278. The highest BCUT2D eigenvalue weighted by Gasteiger charge is 2.20. The number of rotatable bonds is 6. The normalized spacial score (nSPS) is 12.8. The Labute approximate surface area is 172 Å². The van der Waals surface area contributed by atoms with E-state index in [1.807, 2.05) is 26.8 Å². The summed E-state index contributed by atoms with van der Waals surface area (Å²) in [6.45, 7) is 9.78. The molecule has 0 bridgehead atoms. The third kappa shape index (κ3) is 10.5. The number of thiophene rings is 1. The van der Waals surface area contributed by atoms with E-state index in [4.69, 9.17) is 4.74 Å². The average molecular weight is 482 g/mol. The molecule has 0 aliphatic heterocycles. The molecule has 0 fully saturated rings. The van der Waals surface area contributed by atoms with Gasteiger partial charge in [-0.15, -0.1) is 35.3 Å². The molecule has 1 unspecified atom stereocenters. The van der Waals surface area contributed by atoms with E-state index in [1.54, 1.807) is 30.3 Å². The first-order chi connectivity index (χ1) is 11.2. The fourth-order valence-corrected chi connectivity index (χ4v) is 2.67. The zero-order valence-corrected chi connectivity index (χ0v) is 19.1. The van der Waals surface area contributed by atoms with Crippen molar-refractivity contribution >= 4 is 47.4 Å². The average Bonchev–Trinajstić information content (AvgIpc) is 2.98. The highest BCUT2D eigenvalue weighted by molar-refractivity contribution is 14.0. The summed E-state index contributed by atoms with van der Waals surface area (Å²) in [5, 5.41) is 8.62. The van der Waals surface area contributed by atoms with Crippen LogP contribution < -0.4 is 10.6 Å². The molecule has 1 atom stereocenters. The van der Waals surface area contributed by atoms with Gasteiger partial charge in [0.2, 0.25) is 0 Å². The van der Waals surface area contributed by atoms with Gasteiger partial charge < -0.3 is 20.3 Å². The number of nitrogens with one attached hydrogen (secondary N) is 2. The number of hydrogen-bond donors (Lipinski definition) is 2. The third-order valence-electron chi connectivity index (χ3n) is 3.14. The molecule has 1 heterocycles. The summed E-state index contributed by atoms with van der Waals surface area (Å²) < 4.78 is 5.36. The van der Waals surface area contributed by atoms with Crippen molar-refractivity contribution in [1.82, 2.24) is 15.5 Å². The van der Waals surface area contributed by atoms with Crippen LogP contribution in [0.3, 0.4) is 0 Å². The molecular weight excluding hydrogens is 451 g/mol. The lowest BCUT2D eigenvalue weighted by atomic mass is 10.1. The molecule has 144 valence electrons. The van der Waals surface area contributed by atoms with E-state index in [2.05, 4.69) is 34.0 Å². The molecule has 0 radical (unpaired) electrons. The first kappa shape index (κ1) is 24.0. The quantitative estimate of drug-likeness (QED) is 0.370. The standard InChI is InChI=1S/C17H30N4O2S.HI/c1-13(12-21(6)16(22)23-17(2,3)4)10-19-15(18-5)20-11-14-8-7-9-24-14;/h7-9,13H,10-12H2,1-6H3,(H2,18,19,20);1H. The molecule has 2 N–H and O–H groups in total. The minimum absolute atomic E-state index is 0. The van der Waals surface area contributed by atoms with Crippen LogP contribution in [-0.4, -0.2) is 49.7 Å². The van der Waals surface area contributed by atoms with E-state index in [0.717, 1.165) is 19.0 Å². The molecule has 25 heavy (non-hydrogen) atoms. The smallest absolute Gasteiger partial charge is 0.410 e. The number of carbonyl (C=O) groups excluding carboxylic acids is 1. The van der Waals surface area contributed by atoms with Gasteiger partial charge in [-0.05, 0) is 38.1 Å². The van der Waals surface area contributed by atoms with Gasteiger partial charge in [-0.1, -0.05) is 13.0 Å². The summed E-state index contributed by atoms with van der Waals surface area (Å²) in [6.07, 6.45) is -0.297. The van der Waals surface area contributed by atoms with Crippen LogP contribution in [-0.2, 0) is 11.3 Å². The molecule has 0 aliphatic carbocycles. The topological polar surface area (TPSA) is 66.0 Å². The maximum Gasteiger partial charge on any atom is 0.410 e. The molecule has 0 spiro atoms. The maximum atomic E-state index is 12.0. The van der Waals surface area contributed by atoms with Gasteiger partial charge in [0.05, 0.1) is 6.54 Å². The Balaban J connectivity index is 0.00000576. The van der Waals surface area contributed by atoms with Gasteiger partial charge >= 0.3 is 6.09 Å². The number of ether oxygens (including phenoxy) is 1. The van der Waals surface area contributed by atoms with Crippen LogP contribution in [0.2, 0.25) is 0 Å². The van der Waals surface area contributed by atoms with Crippen molar-refractivity contribution in [1.29, 1.82) is 0 Å². The van der Waals surface area contributed by atoms with Crippen molar-refractivity contribution in [3.05, 3.63) is 22.4 Å². The molecule has 8 heteroatoms. The molecule has 1 amide bonds. The molecule has 1 aromatic rings. The van der Waals surface area contributed by atoms with Gasteiger partial charge in [0.1, 0.15) is 5.60 Å². The van der Waals surface area contributed by atoms with Crippen molar-refractivity contribution < 1.29 is 9.53 Å². The molecule has 0 aliphatic rings. The number of carbonyl (C=O) groups is 1. The number of amides is 1. The minimum atomic E-state index is -0.472. The van der Waals surface area contributed by atoms with Gasteiger partial charge in [-0.2, -0.15) is 0 Å². The second-order valence-electron chi connectivity index (χ2n) is 6.85. The van der Waals surface area contributed by atoms with Crippen molar-refractivity contribution in [3.63, 3.8) is 0 Å². The number of nitrogens with zero attached hydrogens (tertiary/aromatic N) is 2. The van der Waals surface area contributed by atoms with Crippen LogP contribution in [0.15, 0.2) is 22.5 Å². The third-order valence-corrected chi connectivity index (χ3v) is 4.02. The highest BCUT2D eigenvalue weighted by Crippen LogP contribution is 2.10. The van der Waals surface area contributed by atoms with Crippen LogP contribution in [0, 0.1) is 5.92 Å². The molecule has 1 aromatic heterocycles. The van der Waals surface area contributed by atoms with Crippen molar-refractivity contribution in [2.45, 2.75) is 39.8 Å². The lowest BCUT2D eigenvalue weighted by Crippen LogP contribution is -2.42. The van der Waals surface area contributed by atoms with E-state index < -0.39 is 5.60 Å². The van der Waals surface area contributed by atoms with Crippen molar-refractivity contribution in [3.8, 4) is 0 Å². The van der Waals surface area contributed by atoms with Gasteiger partial charge in [-0.3, -0.25) is 4.99 Å². The number of hydrogen-bond acceptors (Lipinski definition) is 4. The molecule has 0 aromatic carbocycles. The van der Waals surface area contributed by atoms with Crippen molar-refractivity contribution in [2.24, 2.45) is 10.9 Å². The van der Waals surface area contributed by atoms with E-state index in [0.29, 0.717) is 6.54 Å². The Morgan fingerprint density at radius 3 is 2.60 bits per heavy atom. The summed E-state index contributed by atoms with van der Waals surface area (Å²) >= 11 is 1.71. The van der Waals surface area contributed by atoms with Gasteiger partial charge in [0.15, 0.2) is 5.96 Å². The SMILES string of the molecule is CN=C(NCc1cccs1)NCC(C)CN(C)C(=O)OC(C)(C)C.I. The predicted molar refractivity (Wildman–Crippen MR) is 116 cm³/mol. The Bertz CT molecular complexity index is 529. The zero-order valence-electron chi connectivity index (χ0n) is 16.0. The zero-order chi connectivity index (χ0) is 18.2. The van der Waals surface area contributed by atoms with E-state index >= 15 is 0 Å². The maximum absolute atomic E-state index is 12.0. The van der Waals surface area contributed by atoms with Crippen LogP contribution in [0.1, 0.15) is 32.6 Å². The summed E-state index contributed by atoms with van der Waals surface area (Å²) in [5.41, 5.74) is -0.472. The summed E-state index contributed by atoms with van der Waals surface area (Å²) in [5.74, 6) is 1.03. The summed E-state index contributed by atoms with van der Waals surface area (Å²) in [7, 11) is 3.51. The highest BCUT2D eigenvalue weighted by atomic mass is 127. The second-order valence-corrected chi connectivity index (χ2v) is 7.88. The fourth-order valence-electron chi connectivity index (χ4n) is 2.02. The predicted octanol–water partition coefficient (Wildman–Crippen LogP) is 3.53. The Morgan fingerprint density at radius 1 is 1.40 bits per heavy atom. The Hall–Kier alpha value is -1.03. The minimum Gasteiger partial charge on any atom is -0.444 e. The molecular formula is C17H31IN4O2S. The molecule has 0 saturated carbocycles. The van der Waals surface area contributed by atoms with Gasteiger partial charge in [-0.25, -0.2) is 4.79 Å². The van der Waals surface area contributed by atoms with E-state index in [-0.39, 0.29) is 36.0 Å².